The van der Waals surface area contributed by atoms with Crippen LogP contribution in [0, 0.1) is 6.92 Å². The first-order chi connectivity index (χ1) is 23.4. The molecule has 6 aromatic rings. The second-order valence-electron chi connectivity index (χ2n) is 10.8. The van der Waals surface area contributed by atoms with Gasteiger partial charge in [-0.05, 0) is 110 Å². The Kier molecular flexibility index (Phi) is 9.63. The van der Waals surface area contributed by atoms with E-state index in [2.05, 4.69) is 10.6 Å². The van der Waals surface area contributed by atoms with E-state index in [1.54, 1.807) is 92.0 Å². The molecule has 8 heteroatoms. The number of methoxy groups -OCH3 is 1. The molecule has 0 aromatic heterocycles. The van der Waals surface area contributed by atoms with Crippen LogP contribution in [0.2, 0.25) is 0 Å². The largest absolute Gasteiger partial charge is 0.497 e. The smallest absolute Gasteiger partial charge is 0.255 e. The van der Waals surface area contributed by atoms with Crippen molar-refractivity contribution in [3.8, 4) is 40.2 Å². The van der Waals surface area contributed by atoms with Crippen LogP contribution in [-0.2, 0) is 0 Å². The lowest BCUT2D eigenvalue weighted by Gasteiger charge is -2.11. The summed E-state index contributed by atoms with van der Waals surface area (Å²) in [5.41, 5.74) is 3.13. The van der Waals surface area contributed by atoms with Crippen molar-refractivity contribution in [1.29, 1.82) is 0 Å². The Morgan fingerprint density at radius 2 is 0.812 bits per heavy atom. The molecule has 0 bridgehead atoms. The van der Waals surface area contributed by atoms with Crippen LogP contribution < -0.4 is 29.6 Å². The Morgan fingerprint density at radius 3 is 1.25 bits per heavy atom. The summed E-state index contributed by atoms with van der Waals surface area (Å²) in [6, 6.07) is 43.0. The second kappa shape index (κ2) is 14.7. The van der Waals surface area contributed by atoms with E-state index < -0.39 is 0 Å². The van der Waals surface area contributed by atoms with E-state index in [0.29, 0.717) is 57.0 Å². The quantitative estimate of drug-likeness (QED) is 0.147. The maximum atomic E-state index is 13.0. The highest BCUT2D eigenvalue weighted by Crippen LogP contribution is 2.29. The van der Waals surface area contributed by atoms with Crippen LogP contribution in [0.5, 0.6) is 40.2 Å². The summed E-state index contributed by atoms with van der Waals surface area (Å²) < 4.78 is 23.0. The molecule has 0 spiro atoms. The van der Waals surface area contributed by atoms with E-state index >= 15 is 0 Å². The predicted octanol–water partition coefficient (Wildman–Crippen LogP) is 9.89. The molecule has 0 atom stereocenters. The normalized spacial score (nSPS) is 10.5. The van der Waals surface area contributed by atoms with Gasteiger partial charge >= 0.3 is 0 Å². The SMILES string of the molecule is COc1cccc(Oc2ccc(C(=O)Nc3cccc(NC(=O)c4ccc(Oc5cccc(Oc6ccc(C)cc6)c5)cc4)c3)cc2)c1. The lowest BCUT2D eigenvalue weighted by Crippen LogP contribution is -2.14. The Bertz CT molecular complexity index is 2020. The second-order valence-corrected chi connectivity index (χ2v) is 10.8. The number of benzene rings is 6. The van der Waals surface area contributed by atoms with Gasteiger partial charge in [-0.25, -0.2) is 0 Å². The molecule has 8 nitrogen and oxygen atoms in total. The van der Waals surface area contributed by atoms with Crippen molar-refractivity contribution >= 4 is 23.2 Å². The number of ether oxygens (including phenoxy) is 4. The van der Waals surface area contributed by atoms with Gasteiger partial charge in [0.1, 0.15) is 40.2 Å². The fourth-order valence-electron chi connectivity index (χ4n) is 4.71. The monoisotopic (exact) mass is 636 g/mol. The minimum absolute atomic E-state index is 0.297. The third-order valence-corrected chi connectivity index (χ3v) is 7.19. The molecule has 2 amide bonds. The zero-order chi connectivity index (χ0) is 33.3. The summed E-state index contributed by atoms with van der Waals surface area (Å²) in [7, 11) is 1.59. The molecule has 238 valence electrons. The van der Waals surface area contributed by atoms with Crippen molar-refractivity contribution in [1.82, 2.24) is 0 Å². The van der Waals surface area contributed by atoms with E-state index in [9.17, 15) is 9.59 Å². The number of carbonyl (C=O) groups is 2. The Morgan fingerprint density at radius 1 is 0.438 bits per heavy atom. The average Bonchev–Trinajstić information content (AvgIpc) is 3.10. The third kappa shape index (κ3) is 8.38. The summed E-state index contributed by atoms with van der Waals surface area (Å²) in [4.78, 5) is 25.9. The summed E-state index contributed by atoms with van der Waals surface area (Å²) in [5, 5.41) is 5.75. The highest BCUT2D eigenvalue weighted by atomic mass is 16.5. The summed E-state index contributed by atoms with van der Waals surface area (Å²) in [6.07, 6.45) is 0. The van der Waals surface area contributed by atoms with Crippen LogP contribution in [0.15, 0.2) is 146 Å². The molecule has 48 heavy (non-hydrogen) atoms. The van der Waals surface area contributed by atoms with Gasteiger partial charge in [-0.2, -0.15) is 0 Å². The molecule has 6 rings (SSSR count). The van der Waals surface area contributed by atoms with Gasteiger partial charge in [-0.1, -0.05) is 35.9 Å². The zero-order valence-corrected chi connectivity index (χ0v) is 26.3. The number of hydrogen-bond acceptors (Lipinski definition) is 6. The summed E-state index contributed by atoms with van der Waals surface area (Å²) >= 11 is 0. The fourth-order valence-corrected chi connectivity index (χ4v) is 4.71. The average molecular weight is 637 g/mol. The van der Waals surface area contributed by atoms with Crippen molar-refractivity contribution in [2.45, 2.75) is 6.92 Å². The van der Waals surface area contributed by atoms with Crippen LogP contribution in [-0.4, -0.2) is 18.9 Å². The summed E-state index contributed by atoms with van der Waals surface area (Å²) in [6.45, 7) is 2.02. The van der Waals surface area contributed by atoms with E-state index in [0.717, 1.165) is 11.3 Å². The van der Waals surface area contributed by atoms with Gasteiger partial charge in [0, 0.05) is 34.6 Å². The van der Waals surface area contributed by atoms with Crippen molar-refractivity contribution in [2.75, 3.05) is 17.7 Å². The number of rotatable bonds is 11. The molecule has 0 unspecified atom stereocenters. The number of carbonyl (C=O) groups excluding carboxylic acids is 2. The van der Waals surface area contributed by atoms with Crippen LogP contribution in [0.25, 0.3) is 0 Å². The predicted molar refractivity (Wildman–Crippen MR) is 186 cm³/mol. The van der Waals surface area contributed by atoms with Gasteiger partial charge in [0.25, 0.3) is 11.8 Å². The highest BCUT2D eigenvalue weighted by molar-refractivity contribution is 6.06. The van der Waals surface area contributed by atoms with Crippen LogP contribution >= 0.6 is 0 Å². The van der Waals surface area contributed by atoms with E-state index in [-0.39, 0.29) is 11.8 Å². The molecular weight excluding hydrogens is 604 g/mol. The minimum Gasteiger partial charge on any atom is -0.497 e. The first-order valence-electron chi connectivity index (χ1n) is 15.2. The standard InChI is InChI=1S/C40H32N2O6/c1-27-12-18-32(19-13-27)46-37-10-5-11-38(26-37)48-34-22-16-29(17-23-34)40(44)42-31-7-3-6-30(24-31)41-39(43)28-14-20-33(21-15-28)47-36-9-4-8-35(25-36)45-2/h3-26H,1-2H3,(H,41,43)(H,42,44). The number of hydrogen-bond donors (Lipinski definition) is 2. The van der Waals surface area contributed by atoms with Crippen molar-refractivity contribution < 1.29 is 28.5 Å². The lowest BCUT2D eigenvalue weighted by molar-refractivity contribution is 0.101. The Hall–Kier alpha value is -6.54. The molecule has 6 aromatic carbocycles. The Labute approximate surface area is 278 Å². The lowest BCUT2D eigenvalue weighted by atomic mass is 10.2. The molecule has 0 aliphatic heterocycles. The van der Waals surface area contributed by atoms with Crippen LogP contribution in [0.3, 0.4) is 0 Å². The van der Waals surface area contributed by atoms with Crippen molar-refractivity contribution in [3.05, 3.63) is 162 Å². The molecule has 0 saturated heterocycles. The molecule has 0 heterocycles. The molecule has 0 fully saturated rings. The first-order valence-corrected chi connectivity index (χ1v) is 15.2. The van der Waals surface area contributed by atoms with Gasteiger partial charge in [0.2, 0.25) is 0 Å². The maximum Gasteiger partial charge on any atom is 0.255 e. The number of anilines is 2. The number of amides is 2. The maximum absolute atomic E-state index is 13.0. The van der Waals surface area contributed by atoms with Crippen molar-refractivity contribution in [3.63, 3.8) is 0 Å². The van der Waals surface area contributed by atoms with Gasteiger partial charge in [-0.15, -0.1) is 0 Å². The van der Waals surface area contributed by atoms with Crippen molar-refractivity contribution in [2.24, 2.45) is 0 Å². The molecule has 0 aliphatic carbocycles. The van der Waals surface area contributed by atoms with Gasteiger partial charge in [-0.3, -0.25) is 9.59 Å². The van der Waals surface area contributed by atoms with Crippen LogP contribution in [0.1, 0.15) is 26.3 Å². The number of aryl methyl sites for hydroxylation is 1. The van der Waals surface area contributed by atoms with Gasteiger partial charge in [0.05, 0.1) is 7.11 Å². The highest BCUT2D eigenvalue weighted by Gasteiger charge is 2.11. The molecule has 0 aliphatic rings. The topological polar surface area (TPSA) is 95.1 Å². The molecule has 2 N–H and O–H groups in total. The minimum atomic E-state index is -0.301. The van der Waals surface area contributed by atoms with E-state index in [4.69, 9.17) is 18.9 Å². The van der Waals surface area contributed by atoms with Gasteiger partial charge < -0.3 is 29.6 Å². The molecule has 0 saturated carbocycles. The van der Waals surface area contributed by atoms with Crippen LogP contribution in [0.4, 0.5) is 11.4 Å². The molecule has 0 radical (unpaired) electrons. The third-order valence-electron chi connectivity index (χ3n) is 7.19. The van der Waals surface area contributed by atoms with E-state index in [1.165, 1.54) is 0 Å². The van der Waals surface area contributed by atoms with Gasteiger partial charge in [0.15, 0.2) is 0 Å². The Balaban J connectivity index is 1.02. The number of nitrogens with one attached hydrogen (secondary N) is 2. The zero-order valence-electron chi connectivity index (χ0n) is 26.3. The summed E-state index contributed by atoms with van der Waals surface area (Å²) in [5.74, 6) is 3.87. The van der Waals surface area contributed by atoms with E-state index in [1.807, 2.05) is 67.6 Å². The fraction of sp³-hybridized carbons (Fsp3) is 0.0500. The first kappa shape index (κ1) is 31.4. The molecular formula is C40H32N2O6.